The molecule has 0 bridgehead atoms. The Morgan fingerprint density at radius 2 is 1.56 bits per heavy atom. The number of nitrogens with zero attached hydrogens (tertiary/aromatic N) is 2. The smallest absolute Gasteiger partial charge is 0.301 e. The van der Waals surface area contributed by atoms with Gasteiger partial charge in [-0.05, 0) is 60.9 Å². The van der Waals surface area contributed by atoms with Crippen LogP contribution in [0.15, 0.2) is 103 Å². The molecule has 4 aromatic carbocycles. The van der Waals surface area contributed by atoms with Crippen molar-refractivity contribution >= 4 is 44.1 Å². The largest absolute Gasteiger partial charge is 0.507 e. The molecule has 1 N–H and O–H groups in total. The second kappa shape index (κ2) is 9.85. The number of benzene rings is 4. The zero-order valence-corrected chi connectivity index (χ0v) is 22.1. The van der Waals surface area contributed by atoms with Crippen molar-refractivity contribution in [3.05, 3.63) is 125 Å². The number of ketones is 1. The van der Waals surface area contributed by atoms with Crippen molar-refractivity contribution in [3.8, 4) is 11.5 Å². The quantitative estimate of drug-likeness (QED) is 0.146. The predicted molar refractivity (Wildman–Crippen MR) is 153 cm³/mol. The SMILES string of the molecule is Cc1cc(C)c2nc(N3C(=O)C(=O)C(=C(O)c4ccccc4)C3c3cccc(Oc4ccccc4)c3)sc2c1. The van der Waals surface area contributed by atoms with Crippen molar-refractivity contribution in [2.24, 2.45) is 0 Å². The maximum absolute atomic E-state index is 13.6. The lowest BCUT2D eigenvalue weighted by atomic mass is 9.95. The minimum Gasteiger partial charge on any atom is -0.507 e. The van der Waals surface area contributed by atoms with Gasteiger partial charge in [-0.2, -0.15) is 0 Å². The van der Waals surface area contributed by atoms with Crippen LogP contribution in [0.25, 0.3) is 16.0 Å². The molecule has 1 aliphatic rings. The van der Waals surface area contributed by atoms with E-state index in [1.165, 1.54) is 16.2 Å². The van der Waals surface area contributed by atoms with Crippen LogP contribution in [0.3, 0.4) is 0 Å². The van der Waals surface area contributed by atoms with Gasteiger partial charge in [0.25, 0.3) is 5.78 Å². The molecule has 1 aromatic heterocycles. The van der Waals surface area contributed by atoms with Crippen LogP contribution in [-0.2, 0) is 9.59 Å². The Morgan fingerprint density at radius 3 is 2.31 bits per heavy atom. The molecule has 1 aliphatic heterocycles. The van der Waals surface area contributed by atoms with Crippen LogP contribution in [0, 0.1) is 13.8 Å². The molecule has 6 nitrogen and oxygen atoms in total. The Kier molecular flexibility index (Phi) is 6.21. The van der Waals surface area contributed by atoms with Gasteiger partial charge in [0.1, 0.15) is 17.3 Å². The number of rotatable bonds is 5. The van der Waals surface area contributed by atoms with E-state index >= 15 is 0 Å². The van der Waals surface area contributed by atoms with E-state index in [0.717, 1.165) is 21.3 Å². The molecule has 5 aromatic rings. The van der Waals surface area contributed by atoms with E-state index in [9.17, 15) is 14.7 Å². The molecular weight excluding hydrogens is 508 g/mol. The van der Waals surface area contributed by atoms with Crippen molar-refractivity contribution in [1.29, 1.82) is 0 Å². The molecule has 1 saturated heterocycles. The molecule has 192 valence electrons. The van der Waals surface area contributed by atoms with Crippen LogP contribution in [0.5, 0.6) is 11.5 Å². The first-order chi connectivity index (χ1) is 18.9. The third-order valence-electron chi connectivity index (χ3n) is 6.67. The molecule has 1 atom stereocenters. The summed E-state index contributed by atoms with van der Waals surface area (Å²) >= 11 is 1.35. The molecule has 1 amide bonds. The lowest BCUT2D eigenvalue weighted by Gasteiger charge is -2.23. The molecule has 2 heterocycles. The number of anilines is 1. The van der Waals surface area contributed by atoms with E-state index in [1.807, 2.05) is 80.6 Å². The van der Waals surface area contributed by atoms with Crippen LogP contribution in [0.4, 0.5) is 5.13 Å². The van der Waals surface area contributed by atoms with Gasteiger partial charge in [-0.1, -0.05) is 78.1 Å². The van der Waals surface area contributed by atoms with Gasteiger partial charge < -0.3 is 9.84 Å². The molecule has 0 radical (unpaired) electrons. The fourth-order valence-corrected chi connectivity index (χ4v) is 6.10. The van der Waals surface area contributed by atoms with E-state index in [4.69, 9.17) is 9.72 Å². The fourth-order valence-electron chi connectivity index (χ4n) is 4.93. The number of hydrogen-bond acceptors (Lipinski definition) is 6. The Hall–Kier alpha value is -4.75. The van der Waals surface area contributed by atoms with Crippen LogP contribution in [0.1, 0.15) is 28.3 Å². The molecule has 6 rings (SSSR count). The van der Waals surface area contributed by atoms with Crippen LogP contribution in [-0.4, -0.2) is 21.8 Å². The minimum atomic E-state index is -0.897. The summed E-state index contributed by atoms with van der Waals surface area (Å²) in [5.74, 6) is -0.531. The third-order valence-corrected chi connectivity index (χ3v) is 7.67. The summed E-state index contributed by atoms with van der Waals surface area (Å²) in [5.41, 5.74) is 3.94. The summed E-state index contributed by atoms with van der Waals surface area (Å²) in [6.45, 7) is 3.99. The lowest BCUT2D eigenvalue weighted by Crippen LogP contribution is -2.29. The van der Waals surface area contributed by atoms with Gasteiger partial charge in [0.15, 0.2) is 5.13 Å². The highest BCUT2D eigenvalue weighted by atomic mass is 32.1. The number of amides is 1. The minimum absolute atomic E-state index is 0.00946. The van der Waals surface area contributed by atoms with Gasteiger partial charge in [0, 0.05) is 5.56 Å². The maximum Gasteiger partial charge on any atom is 0.301 e. The molecular formula is C32H24N2O4S. The molecule has 1 fully saturated rings. The van der Waals surface area contributed by atoms with E-state index in [0.29, 0.717) is 27.8 Å². The summed E-state index contributed by atoms with van der Waals surface area (Å²) in [6.07, 6.45) is 0. The lowest BCUT2D eigenvalue weighted by molar-refractivity contribution is -0.132. The zero-order valence-electron chi connectivity index (χ0n) is 21.3. The summed E-state index contributed by atoms with van der Waals surface area (Å²) in [4.78, 5) is 33.3. The van der Waals surface area contributed by atoms with Gasteiger partial charge in [-0.3, -0.25) is 14.5 Å². The second-order valence-electron chi connectivity index (χ2n) is 9.45. The molecule has 0 saturated carbocycles. The summed E-state index contributed by atoms with van der Waals surface area (Å²) < 4.78 is 6.97. The fraction of sp³-hybridized carbons (Fsp3) is 0.0938. The first-order valence-electron chi connectivity index (χ1n) is 12.5. The molecule has 0 spiro atoms. The number of para-hydroxylation sites is 1. The van der Waals surface area contributed by atoms with Gasteiger partial charge in [-0.15, -0.1) is 0 Å². The second-order valence-corrected chi connectivity index (χ2v) is 10.5. The van der Waals surface area contributed by atoms with E-state index in [2.05, 4.69) is 0 Å². The molecule has 1 unspecified atom stereocenters. The van der Waals surface area contributed by atoms with Crippen molar-refractivity contribution in [1.82, 2.24) is 4.98 Å². The number of aliphatic hydroxyl groups excluding tert-OH is 1. The number of carbonyl (C=O) groups excluding carboxylic acids is 2. The Balaban J connectivity index is 1.53. The number of aliphatic hydroxyl groups is 1. The average molecular weight is 533 g/mol. The first-order valence-corrected chi connectivity index (χ1v) is 13.3. The van der Waals surface area contributed by atoms with E-state index in [1.54, 1.807) is 30.3 Å². The summed E-state index contributed by atoms with van der Waals surface area (Å²) in [7, 11) is 0. The van der Waals surface area contributed by atoms with Gasteiger partial charge in [-0.25, -0.2) is 4.98 Å². The predicted octanol–water partition coefficient (Wildman–Crippen LogP) is 7.33. The zero-order chi connectivity index (χ0) is 27.1. The maximum atomic E-state index is 13.6. The van der Waals surface area contributed by atoms with Crippen molar-refractivity contribution in [2.75, 3.05) is 4.90 Å². The topological polar surface area (TPSA) is 79.7 Å². The van der Waals surface area contributed by atoms with Crippen LogP contribution in [0.2, 0.25) is 0 Å². The molecule has 39 heavy (non-hydrogen) atoms. The first kappa shape index (κ1) is 24.6. The number of ether oxygens (including phenoxy) is 1. The van der Waals surface area contributed by atoms with E-state index in [-0.39, 0.29) is 11.3 Å². The molecule has 0 aliphatic carbocycles. The number of fused-ring (bicyclic) bond motifs is 1. The number of aryl methyl sites for hydroxylation is 2. The van der Waals surface area contributed by atoms with Crippen molar-refractivity contribution in [3.63, 3.8) is 0 Å². The van der Waals surface area contributed by atoms with Crippen LogP contribution >= 0.6 is 11.3 Å². The number of aromatic nitrogens is 1. The highest BCUT2D eigenvalue weighted by Crippen LogP contribution is 2.45. The van der Waals surface area contributed by atoms with E-state index < -0.39 is 17.7 Å². The Bertz CT molecular complexity index is 1760. The van der Waals surface area contributed by atoms with Gasteiger partial charge in [0.2, 0.25) is 0 Å². The highest BCUT2D eigenvalue weighted by Gasteiger charge is 2.48. The summed E-state index contributed by atoms with van der Waals surface area (Å²) in [6, 6.07) is 28.5. The summed E-state index contributed by atoms with van der Waals surface area (Å²) in [5, 5.41) is 11.8. The monoisotopic (exact) mass is 532 g/mol. The van der Waals surface area contributed by atoms with Crippen molar-refractivity contribution in [2.45, 2.75) is 19.9 Å². The van der Waals surface area contributed by atoms with Crippen molar-refractivity contribution < 1.29 is 19.4 Å². The normalized spacial score (nSPS) is 16.7. The number of carbonyl (C=O) groups is 2. The molecule has 7 heteroatoms. The Labute approximate surface area is 229 Å². The van der Waals surface area contributed by atoms with Gasteiger partial charge >= 0.3 is 5.91 Å². The van der Waals surface area contributed by atoms with Crippen LogP contribution < -0.4 is 9.64 Å². The number of Topliss-reactive ketones (excluding diaryl/α,β-unsaturated/α-hetero) is 1. The number of thiazole rings is 1. The highest BCUT2D eigenvalue weighted by molar-refractivity contribution is 7.22. The Morgan fingerprint density at radius 1 is 0.872 bits per heavy atom. The standard InChI is InChI=1S/C32H24N2O4S/c1-19-16-20(2)27-25(17-19)39-32(33-27)34-28(22-12-9-15-24(18-22)38-23-13-7-4-8-14-23)26(30(36)31(34)37)29(35)21-10-5-3-6-11-21/h3-18,28,35H,1-2H3. The number of hydrogen-bond donors (Lipinski definition) is 1. The average Bonchev–Trinajstić information content (AvgIpc) is 3.48. The third kappa shape index (κ3) is 4.47. The van der Waals surface area contributed by atoms with Gasteiger partial charge in [0.05, 0.1) is 21.8 Å².